The number of urea groups is 1. The number of methoxy groups -OCH3 is 1. The molecule has 7 heteroatoms. The molecule has 3 amide bonds. The number of anilines is 1. The van der Waals surface area contributed by atoms with Crippen LogP contribution in [0.15, 0.2) is 48.5 Å². The van der Waals surface area contributed by atoms with E-state index in [0.29, 0.717) is 16.5 Å². The van der Waals surface area contributed by atoms with Gasteiger partial charge in [-0.1, -0.05) is 23.7 Å². The number of rotatable bonds is 6. The molecule has 0 aliphatic heterocycles. The summed E-state index contributed by atoms with van der Waals surface area (Å²) in [4.78, 5) is 23.6. The first-order valence-corrected chi connectivity index (χ1v) is 7.61. The summed E-state index contributed by atoms with van der Waals surface area (Å²) in [5, 5.41) is 5.76. The van der Waals surface area contributed by atoms with Gasteiger partial charge < -0.3 is 21.1 Å². The molecule has 0 fully saturated rings. The van der Waals surface area contributed by atoms with Crippen LogP contribution in [0.4, 0.5) is 10.5 Å². The minimum absolute atomic E-state index is 0.285. The van der Waals surface area contributed by atoms with Crippen LogP contribution in [0.1, 0.15) is 5.56 Å². The number of nitrogens with one attached hydrogen (secondary N) is 2. The molecule has 0 saturated carbocycles. The maximum absolute atomic E-state index is 12.0. The van der Waals surface area contributed by atoms with E-state index in [-0.39, 0.29) is 6.42 Å². The Hall–Kier alpha value is -2.73. The predicted molar refractivity (Wildman–Crippen MR) is 93.3 cm³/mol. The van der Waals surface area contributed by atoms with E-state index in [4.69, 9.17) is 22.1 Å². The van der Waals surface area contributed by atoms with Crippen LogP contribution in [0.3, 0.4) is 0 Å². The van der Waals surface area contributed by atoms with Crippen molar-refractivity contribution in [2.45, 2.75) is 12.5 Å². The smallest absolute Gasteiger partial charge is 0.319 e. The Morgan fingerprint density at radius 2 is 1.75 bits per heavy atom. The molecule has 0 aromatic heterocycles. The fourth-order valence-electron chi connectivity index (χ4n) is 2.08. The number of hydrogen-bond donors (Lipinski definition) is 3. The zero-order chi connectivity index (χ0) is 17.5. The third kappa shape index (κ3) is 5.17. The Bertz CT molecular complexity index is 702. The quantitative estimate of drug-likeness (QED) is 0.749. The van der Waals surface area contributed by atoms with Crippen LogP contribution in [0.5, 0.6) is 5.75 Å². The number of carbonyl (C=O) groups excluding carboxylic acids is 2. The van der Waals surface area contributed by atoms with E-state index >= 15 is 0 Å². The number of nitrogens with two attached hydrogens (primary N) is 1. The minimum Gasteiger partial charge on any atom is -0.497 e. The van der Waals surface area contributed by atoms with Gasteiger partial charge in [-0.25, -0.2) is 4.79 Å². The van der Waals surface area contributed by atoms with Crippen molar-refractivity contribution >= 4 is 29.2 Å². The predicted octanol–water partition coefficient (Wildman–Crippen LogP) is 2.57. The van der Waals surface area contributed by atoms with Gasteiger partial charge in [-0.2, -0.15) is 0 Å². The Morgan fingerprint density at radius 1 is 1.12 bits per heavy atom. The first-order chi connectivity index (χ1) is 11.5. The highest BCUT2D eigenvalue weighted by atomic mass is 35.5. The molecule has 24 heavy (non-hydrogen) atoms. The van der Waals surface area contributed by atoms with Crippen LogP contribution in [-0.4, -0.2) is 25.1 Å². The molecule has 0 aliphatic rings. The molecule has 0 spiro atoms. The maximum atomic E-state index is 12.0. The highest BCUT2D eigenvalue weighted by Crippen LogP contribution is 2.14. The highest BCUT2D eigenvalue weighted by Gasteiger charge is 2.18. The molecule has 0 aliphatic carbocycles. The molecule has 2 rings (SSSR count). The summed E-state index contributed by atoms with van der Waals surface area (Å²) < 4.78 is 5.08. The van der Waals surface area contributed by atoms with Crippen molar-refractivity contribution in [1.82, 2.24) is 5.32 Å². The normalized spacial score (nSPS) is 11.4. The van der Waals surface area contributed by atoms with E-state index in [1.165, 1.54) is 0 Å². The molecule has 2 aromatic carbocycles. The minimum atomic E-state index is -0.828. The zero-order valence-electron chi connectivity index (χ0n) is 13.1. The number of halogens is 1. The lowest BCUT2D eigenvalue weighted by atomic mass is 10.1. The Morgan fingerprint density at radius 3 is 2.29 bits per heavy atom. The van der Waals surface area contributed by atoms with Crippen molar-refractivity contribution in [1.29, 1.82) is 0 Å². The van der Waals surface area contributed by atoms with Crippen LogP contribution in [-0.2, 0) is 11.2 Å². The van der Waals surface area contributed by atoms with Gasteiger partial charge >= 0.3 is 6.03 Å². The largest absolute Gasteiger partial charge is 0.497 e. The first kappa shape index (κ1) is 17.6. The molecule has 0 heterocycles. The van der Waals surface area contributed by atoms with Gasteiger partial charge in [-0.05, 0) is 42.0 Å². The molecule has 0 bridgehead atoms. The van der Waals surface area contributed by atoms with Gasteiger partial charge in [0.25, 0.3) is 0 Å². The summed E-state index contributed by atoms with van der Waals surface area (Å²) >= 11 is 5.79. The van der Waals surface area contributed by atoms with Gasteiger partial charge in [0, 0.05) is 17.1 Å². The van der Waals surface area contributed by atoms with Gasteiger partial charge in [-0.3, -0.25) is 4.79 Å². The molecule has 126 valence electrons. The van der Waals surface area contributed by atoms with Crippen molar-refractivity contribution in [3.8, 4) is 5.75 Å². The summed E-state index contributed by atoms with van der Waals surface area (Å²) in [6.07, 6.45) is 0.285. The van der Waals surface area contributed by atoms with Gasteiger partial charge in [-0.15, -0.1) is 0 Å². The van der Waals surface area contributed by atoms with Crippen LogP contribution in [0.2, 0.25) is 5.02 Å². The van der Waals surface area contributed by atoms with E-state index < -0.39 is 18.0 Å². The molecular formula is C17H18ClN3O3. The third-order valence-electron chi connectivity index (χ3n) is 3.35. The van der Waals surface area contributed by atoms with Gasteiger partial charge in [0.05, 0.1) is 7.11 Å². The fraction of sp³-hybridized carbons (Fsp3) is 0.176. The second-order valence-electron chi connectivity index (χ2n) is 5.11. The zero-order valence-corrected chi connectivity index (χ0v) is 13.8. The van der Waals surface area contributed by atoms with Crippen molar-refractivity contribution in [2.75, 3.05) is 12.4 Å². The van der Waals surface area contributed by atoms with Crippen molar-refractivity contribution in [3.05, 3.63) is 59.1 Å². The standard InChI is InChI=1S/C17H18ClN3O3/c1-24-14-8-2-11(3-9-14)10-15(16(19)22)21-17(23)20-13-6-4-12(18)5-7-13/h2-9,15H,10H2,1H3,(H2,19,22)(H2,20,21,23). The number of ether oxygens (including phenoxy) is 1. The molecular weight excluding hydrogens is 330 g/mol. The van der Waals surface area contributed by atoms with Crippen LogP contribution < -0.4 is 21.1 Å². The summed E-state index contributed by atoms with van der Waals surface area (Å²) in [7, 11) is 1.57. The molecule has 6 nitrogen and oxygen atoms in total. The van der Waals surface area contributed by atoms with Crippen molar-refractivity contribution in [3.63, 3.8) is 0 Å². The highest BCUT2D eigenvalue weighted by molar-refractivity contribution is 6.30. The summed E-state index contributed by atoms with van der Waals surface area (Å²) in [5.41, 5.74) is 6.79. The lowest BCUT2D eigenvalue weighted by Gasteiger charge is -2.16. The number of benzene rings is 2. The summed E-state index contributed by atoms with van der Waals surface area (Å²) in [6, 6.07) is 12.5. The topological polar surface area (TPSA) is 93.4 Å². The summed E-state index contributed by atoms with van der Waals surface area (Å²) in [6.45, 7) is 0. The van der Waals surface area contributed by atoms with Crippen molar-refractivity contribution < 1.29 is 14.3 Å². The second-order valence-corrected chi connectivity index (χ2v) is 5.55. The van der Waals surface area contributed by atoms with E-state index in [1.54, 1.807) is 43.5 Å². The lowest BCUT2D eigenvalue weighted by Crippen LogP contribution is -2.47. The number of carbonyl (C=O) groups is 2. The first-order valence-electron chi connectivity index (χ1n) is 7.23. The maximum Gasteiger partial charge on any atom is 0.319 e. The molecule has 1 atom stereocenters. The summed E-state index contributed by atoms with van der Waals surface area (Å²) in [5.74, 6) is 0.0971. The van der Waals surface area contributed by atoms with E-state index in [9.17, 15) is 9.59 Å². The van der Waals surface area contributed by atoms with Gasteiger partial charge in [0.2, 0.25) is 5.91 Å². The average Bonchev–Trinajstić information content (AvgIpc) is 2.57. The Kier molecular flexibility index (Phi) is 6.03. The van der Waals surface area contributed by atoms with Gasteiger partial charge in [0.1, 0.15) is 11.8 Å². The van der Waals surface area contributed by atoms with Gasteiger partial charge in [0.15, 0.2) is 0 Å². The Balaban J connectivity index is 1.97. The molecule has 0 radical (unpaired) electrons. The monoisotopic (exact) mass is 347 g/mol. The van der Waals surface area contributed by atoms with Crippen LogP contribution in [0, 0.1) is 0 Å². The Labute approximate surface area is 144 Å². The molecule has 2 aromatic rings. The lowest BCUT2D eigenvalue weighted by molar-refractivity contribution is -0.119. The number of amides is 3. The fourth-order valence-corrected chi connectivity index (χ4v) is 2.20. The van der Waals surface area contributed by atoms with Crippen molar-refractivity contribution in [2.24, 2.45) is 5.73 Å². The van der Waals surface area contributed by atoms with E-state index in [0.717, 1.165) is 5.56 Å². The molecule has 4 N–H and O–H groups in total. The average molecular weight is 348 g/mol. The van der Waals surface area contributed by atoms with E-state index in [2.05, 4.69) is 10.6 Å². The second kappa shape index (κ2) is 8.21. The molecule has 1 unspecified atom stereocenters. The number of primary amides is 1. The molecule has 0 saturated heterocycles. The SMILES string of the molecule is COc1ccc(CC(NC(=O)Nc2ccc(Cl)cc2)C(N)=O)cc1. The van der Waals surface area contributed by atoms with Crippen LogP contribution in [0.25, 0.3) is 0 Å². The van der Waals surface area contributed by atoms with E-state index in [1.807, 2.05) is 12.1 Å². The van der Waals surface area contributed by atoms with Crippen LogP contribution >= 0.6 is 11.6 Å². The number of hydrogen-bond acceptors (Lipinski definition) is 3. The third-order valence-corrected chi connectivity index (χ3v) is 3.60.